The first-order valence-corrected chi connectivity index (χ1v) is 6.89. The average molecular weight is 386 g/mol. The Morgan fingerprint density at radius 2 is 1.84 bits per heavy atom. The SMILES string of the molecule is N/C(=N/O)c1cc(Br)ccc1Oc1cccc(Br)c1. The van der Waals surface area contributed by atoms with E-state index in [2.05, 4.69) is 37.0 Å². The minimum Gasteiger partial charge on any atom is -0.457 e. The molecule has 0 saturated heterocycles. The lowest BCUT2D eigenvalue weighted by Crippen LogP contribution is -2.14. The zero-order chi connectivity index (χ0) is 13.8. The molecule has 2 aromatic rings. The highest BCUT2D eigenvalue weighted by Gasteiger charge is 2.10. The smallest absolute Gasteiger partial charge is 0.173 e. The van der Waals surface area contributed by atoms with Gasteiger partial charge in [-0.15, -0.1) is 0 Å². The largest absolute Gasteiger partial charge is 0.457 e. The van der Waals surface area contributed by atoms with Gasteiger partial charge in [0, 0.05) is 8.95 Å². The van der Waals surface area contributed by atoms with Crippen LogP contribution in [-0.2, 0) is 0 Å². The van der Waals surface area contributed by atoms with Gasteiger partial charge >= 0.3 is 0 Å². The molecule has 2 aromatic carbocycles. The molecule has 0 aliphatic heterocycles. The number of benzene rings is 2. The van der Waals surface area contributed by atoms with Crippen molar-refractivity contribution < 1.29 is 9.94 Å². The highest BCUT2D eigenvalue weighted by Crippen LogP contribution is 2.29. The summed E-state index contributed by atoms with van der Waals surface area (Å²) in [6.07, 6.45) is 0. The molecule has 0 aliphatic carbocycles. The maximum absolute atomic E-state index is 8.80. The summed E-state index contributed by atoms with van der Waals surface area (Å²) in [6.45, 7) is 0. The summed E-state index contributed by atoms with van der Waals surface area (Å²) < 4.78 is 7.47. The number of oxime groups is 1. The second kappa shape index (κ2) is 6.08. The van der Waals surface area contributed by atoms with Crippen LogP contribution in [0.2, 0.25) is 0 Å². The van der Waals surface area contributed by atoms with Gasteiger partial charge in [-0.05, 0) is 36.4 Å². The number of nitrogens with zero attached hydrogens (tertiary/aromatic N) is 1. The molecular formula is C13H10Br2N2O2. The maximum atomic E-state index is 8.80. The second-order valence-corrected chi connectivity index (χ2v) is 5.52. The van der Waals surface area contributed by atoms with Crippen molar-refractivity contribution in [3.63, 3.8) is 0 Å². The van der Waals surface area contributed by atoms with Crippen LogP contribution >= 0.6 is 31.9 Å². The van der Waals surface area contributed by atoms with Gasteiger partial charge in [-0.3, -0.25) is 0 Å². The van der Waals surface area contributed by atoms with E-state index >= 15 is 0 Å². The summed E-state index contributed by atoms with van der Waals surface area (Å²) >= 11 is 6.71. The summed E-state index contributed by atoms with van der Waals surface area (Å²) in [5.41, 5.74) is 6.15. The molecule has 6 heteroatoms. The van der Waals surface area contributed by atoms with E-state index in [-0.39, 0.29) is 5.84 Å². The van der Waals surface area contributed by atoms with Gasteiger partial charge in [0.15, 0.2) is 5.84 Å². The molecule has 0 atom stereocenters. The van der Waals surface area contributed by atoms with Crippen molar-refractivity contribution in [1.82, 2.24) is 0 Å². The first-order valence-electron chi connectivity index (χ1n) is 5.31. The Hall–Kier alpha value is -1.53. The molecule has 19 heavy (non-hydrogen) atoms. The van der Waals surface area contributed by atoms with Gasteiger partial charge in [-0.25, -0.2) is 0 Å². The average Bonchev–Trinajstić information content (AvgIpc) is 2.40. The first-order chi connectivity index (χ1) is 9.10. The van der Waals surface area contributed by atoms with Crippen LogP contribution in [0.1, 0.15) is 5.56 Å². The summed E-state index contributed by atoms with van der Waals surface area (Å²) in [4.78, 5) is 0. The predicted molar refractivity (Wildman–Crippen MR) is 80.9 cm³/mol. The summed E-state index contributed by atoms with van der Waals surface area (Å²) in [6, 6.07) is 12.7. The van der Waals surface area contributed by atoms with Crippen LogP contribution in [0.3, 0.4) is 0 Å². The normalized spacial score (nSPS) is 11.4. The fourth-order valence-corrected chi connectivity index (χ4v) is 2.24. The van der Waals surface area contributed by atoms with Crippen LogP contribution in [-0.4, -0.2) is 11.0 Å². The molecular weight excluding hydrogens is 376 g/mol. The number of halogens is 2. The zero-order valence-electron chi connectivity index (χ0n) is 9.68. The van der Waals surface area contributed by atoms with Gasteiger partial charge in [0.2, 0.25) is 0 Å². The van der Waals surface area contributed by atoms with Gasteiger partial charge < -0.3 is 15.7 Å². The van der Waals surface area contributed by atoms with Crippen molar-refractivity contribution in [3.8, 4) is 11.5 Å². The van der Waals surface area contributed by atoms with E-state index < -0.39 is 0 Å². The quantitative estimate of drug-likeness (QED) is 0.361. The number of rotatable bonds is 3. The highest BCUT2D eigenvalue weighted by molar-refractivity contribution is 9.10. The zero-order valence-corrected chi connectivity index (χ0v) is 12.8. The van der Waals surface area contributed by atoms with Crippen LogP contribution in [0, 0.1) is 0 Å². The van der Waals surface area contributed by atoms with E-state index in [0.717, 1.165) is 8.95 Å². The van der Waals surface area contributed by atoms with Crippen molar-refractivity contribution in [2.45, 2.75) is 0 Å². The summed E-state index contributed by atoms with van der Waals surface area (Å²) in [7, 11) is 0. The first kappa shape index (κ1) is 13.9. The molecule has 0 radical (unpaired) electrons. The molecule has 0 aromatic heterocycles. The lowest BCUT2D eigenvalue weighted by Gasteiger charge is -2.11. The third-order valence-electron chi connectivity index (χ3n) is 2.35. The van der Waals surface area contributed by atoms with E-state index in [0.29, 0.717) is 17.1 Å². The molecule has 0 heterocycles. The fourth-order valence-electron chi connectivity index (χ4n) is 1.50. The van der Waals surface area contributed by atoms with Gasteiger partial charge in [0.05, 0.1) is 5.56 Å². The Bertz CT molecular complexity index is 630. The minimum absolute atomic E-state index is 0.00806. The Morgan fingerprint density at radius 1 is 1.11 bits per heavy atom. The van der Waals surface area contributed by atoms with Crippen molar-refractivity contribution in [3.05, 3.63) is 57.0 Å². The number of amidine groups is 1. The molecule has 2 rings (SSSR count). The van der Waals surface area contributed by atoms with Gasteiger partial charge in [0.1, 0.15) is 11.5 Å². The van der Waals surface area contributed by atoms with Crippen LogP contribution < -0.4 is 10.5 Å². The second-order valence-electron chi connectivity index (χ2n) is 3.69. The van der Waals surface area contributed by atoms with Gasteiger partial charge in [0.25, 0.3) is 0 Å². The Balaban J connectivity index is 2.40. The van der Waals surface area contributed by atoms with E-state index in [1.807, 2.05) is 30.3 Å². The molecule has 0 bridgehead atoms. The fraction of sp³-hybridized carbons (Fsp3) is 0. The molecule has 3 N–H and O–H groups in total. The number of hydrogen-bond acceptors (Lipinski definition) is 3. The molecule has 0 aliphatic rings. The van der Waals surface area contributed by atoms with Gasteiger partial charge in [-0.1, -0.05) is 43.1 Å². The monoisotopic (exact) mass is 384 g/mol. The number of hydrogen-bond donors (Lipinski definition) is 2. The summed E-state index contributed by atoms with van der Waals surface area (Å²) in [5, 5.41) is 11.8. The van der Waals surface area contributed by atoms with Crippen molar-refractivity contribution >= 4 is 37.7 Å². The van der Waals surface area contributed by atoms with Gasteiger partial charge in [-0.2, -0.15) is 0 Å². The lowest BCUT2D eigenvalue weighted by atomic mass is 10.2. The van der Waals surface area contributed by atoms with E-state index in [1.54, 1.807) is 12.1 Å². The topological polar surface area (TPSA) is 67.8 Å². The van der Waals surface area contributed by atoms with Crippen molar-refractivity contribution in [2.75, 3.05) is 0 Å². The molecule has 0 unspecified atom stereocenters. The van der Waals surface area contributed by atoms with Crippen LogP contribution in [0.15, 0.2) is 56.6 Å². The maximum Gasteiger partial charge on any atom is 0.173 e. The Labute approximate surface area is 127 Å². The third-order valence-corrected chi connectivity index (χ3v) is 3.34. The molecule has 0 fully saturated rings. The number of nitrogens with two attached hydrogens (primary N) is 1. The predicted octanol–water partition coefficient (Wildman–Crippen LogP) is 4.10. The summed E-state index contributed by atoms with van der Waals surface area (Å²) in [5.74, 6) is 1.16. The van der Waals surface area contributed by atoms with E-state index in [9.17, 15) is 0 Å². The Kier molecular flexibility index (Phi) is 4.44. The van der Waals surface area contributed by atoms with Crippen molar-refractivity contribution in [1.29, 1.82) is 0 Å². The Morgan fingerprint density at radius 3 is 2.53 bits per heavy atom. The van der Waals surface area contributed by atoms with E-state index in [1.165, 1.54) is 0 Å². The number of ether oxygens (including phenoxy) is 1. The molecule has 4 nitrogen and oxygen atoms in total. The molecule has 0 amide bonds. The highest BCUT2D eigenvalue weighted by atomic mass is 79.9. The van der Waals surface area contributed by atoms with E-state index in [4.69, 9.17) is 15.7 Å². The standard InChI is InChI=1S/C13H10Br2N2O2/c14-8-2-1-3-10(6-8)19-12-5-4-9(15)7-11(12)13(16)17-18/h1-7,18H,(H2,16,17). The molecule has 98 valence electrons. The lowest BCUT2D eigenvalue weighted by molar-refractivity contribution is 0.318. The molecule has 0 spiro atoms. The van der Waals surface area contributed by atoms with Crippen LogP contribution in [0.4, 0.5) is 0 Å². The van der Waals surface area contributed by atoms with Crippen LogP contribution in [0.5, 0.6) is 11.5 Å². The third kappa shape index (κ3) is 3.48. The molecule has 0 saturated carbocycles. The minimum atomic E-state index is -0.00806. The van der Waals surface area contributed by atoms with Crippen LogP contribution in [0.25, 0.3) is 0 Å². The van der Waals surface area contributed by atoms with Crippen molar-refractivity contribution in [2.24, 2.45) is 10.9 Å².